The van der Waals surface area contributed by atoms with Gasteiger partial charge in [-0.3, -0.25) is 14.5 Å². The Morgan fingerprint density at radius 2 is 1.89 bits per heavy atom. The SMILES string of the molecule is O=C(NCC(=O)N1CCN(CCOc2ccccc2Cl)CC1)c1ccc(Br)o1. The second-order valence-electron chi connectivity index (χ2n) is 6.29. The van der Waals surface area contributed by atoms with Crippen molar-refractivity contribution in [3.63, 3.8) is 0 Å². The van der Waals surface area contributed by atoms with Crippen LogP contribution in [0.4, 0.5) is 0 Å². The second-order valence-corrected chi connectivity index (χ2v) is 7.48. The Labute approximate surface area is 176 Å². The van der Waals surface area contributed by atoms with E-state index in [4.69, 9.17) is 20.8 Å². The molecule has 1 aliphatic heterocycles. The highest BCUT2D eigenvalue weighted by atomic mass is 79.9. The Morgan fingerprint density at radius 1 is 1.14 bits per heavy atom. The number of halogens is 2. The number of carbonyl (C=O) groups is 2. The van der Waals surface area contributed by atoms with Crippen LogP contribution in [0.5, 0.6) is 5.75 Å². The van der Waals surface area contributed by atoms with E-state index in [1.54, 1.807) is 23.1 Å². The van der Waals surface area contributed by atoms with Crippen LogP contribution in [0.3, 0.4) is 0 Å². The summed E-state index contributed by atoms with van der Waals surface area (Å²) in [5, 5.41) is 3.19. The van der Waals surface area contributed by atoms with Crippen LogP contribution in [0.2, 0.25) is 5.02 Å². The normalized spacial score (nSPS) is 14.7. The molecule has 7 nitrogen and oxygen atoms in total. The van der Waals surface area contributed by atoms with E-state index < -0.39 is 5.91 Å². The Kier molecular flexibility index (Phi) is 7.36. The first-order chi connectivity index (χ1) is 13.5. The number of para-hydroxylation sites is 1. The van der Waals surface area contributed by atoms with Crippen molar-refractivity contribution in [1.29, 1.82) is 0 Å². The molecular formula is C19H21BrClN3O4. The molecule has 0 atom stereocenters. The lowest BCUT2D eigenvalue weighted by molar-refractivity contribution is -0.131. The van der Waals surface area contributed by atoms with Gasteiger partial charge < -0.3 is 19.4 Å². The van der Waals surface area contributed by atoms with E-state index in [2.05, 4.69) is 26.1 Å². The van der Waals surface area contributed by atoms with Gasteiger partial charge in [0, 0.05) is 32.7 Å². The van der Waals surface area contributed by atoms with Gasteiger partial charge in [-0.05, 0) is 40.2 Å². The number of amides is 2. The van der Waals surface area contributed by atoms with Gasteiger partial charge in [-0.15, -0.1) is 0 Å². The molecule has 1 fully saturated rings. The third kappa shape index (κ3) is 5.73. The summed E-state index contributed by atoms with van der Waals surface area (Å²) < 4.78 is 11.3. The molecule has 9 heteroatoms. The van der Waals surface area contributed by atoms with E-state index in [0.717, 1.165) is 19.6 Å². The minimum atomic E-state index is -0.408. The third-order valence-electron chi connectivity index (χ3n) is 4.42. The fourth-order valence-corrected chi connectivity index (χ4v) is 3.36. The quantitative estimate of drug-likeness (QED) is 0.673. The third-order valence-corrected chi connectivity index (χ3v) is 5.16. The van der Waals surface area contributed by atoms with E-state index in [1.807, 2.05) is 18.2 Å². The predicted molar refractivity (Wildman–Crippen MR) is 109 cm³/mol. The Morgan fingerprint density at radius 3 is 2.57 bits per heavy atom. The first-order valence-corrected chi connectivity index (χ1v) is 10.1. The number of ether oxygens (including phenoxy) is 1. The topological polar surface area (TPSA) is 75.0 Å². The van der Waals surface area contributed by atoms with Gasteiger partial charge in [-0.25, -0.2) is 0 Å². The zero-order valence-electron chi connectivity index (χ0n) is 15.2. The van der Waals surface area contributed by atoms with E-state index in [9.17, 15) is 9.59 Å². The summed E-state index contributed by atoms with van der Waals surface area (Å²) in [5.74, 6) is 0.334. The van der Waals surface area contributed by atoms with Crippen LogP contribution >= 0.6 is 27.5 Å². The van der Waals surface area contributed by atoms with Crippen LogP contribution in [0, 0.1) is 0 Å². The van der Waals surface area contributed by atoms with Crippen LogP contribution in [-0.4, -0.2) is 67.5 Å². The van der Waals surface area contributed by atoms with Crippen molar-refractivity contribution in [2.24, 2.45) is 0 Å². The van der Waals surface area contributed by atoms with Gasteiger partial charge in [0.1, 0.15) is 12.4 Å². The summed E-state index contributed by atoms with van der Waals surface area (Å²) in [6.45, 7) is 4.00. The van der Waals surface area contributed by atoms with E-state index >= 15 is 0 Å². The summed E-state index contributed by atoms with van der Waals surface area (Å²) in [5.41, 5.74) is 0. The number of nitrogens with zero attached hydrogens (tertiary/aromatic N) is 2. The fourth-order valence-electron chi connectivity index (χ4n) is 2.86. The number of furan rings is 1. The molecule has 2 aromatic rings. The van der Waals surface area contributed by atoms with E-state index in [-0.39, 0.29) is 18.2 Å². The highest BCUT2D eigenvalue weighted by molar-refractivity contribution is 9.10. The molecule has 0 radical (unpaired) electrons. The maximum atomic E-state index is 12.3. The maximum Gasteiger partial charge on any atom is 0.287 e. The van der Waals surface area contributed by atoms with Crippen molar-refractivity contribution in [1.82, 2.24) is 15.1 Å². The molecule has 1 aromatic heterocycles. The van der Waals surface area contributed by atoms with Crippen molar-refractivity contribution in [2.75, 3.05) is 45.9 Å². The molecule has 2 heterocycles. The summed E-state index contributed by atoms with van der Waals surface area (Å²) >= 11 is 9.21. The second kappa shape index (κ2) is 9.95. The van der Waals surface area contributed by atoms with Gasteiger partial charge in [0.25, 0.3) is 5.91 Å². The van der Waals surface area contributed by atoms with Crippen molar-refractivity contribution < 1.29 is 18.7 Å². The van der Waals surface area contributed by atoms with Crippen LogP contribution < -0.4 is 10.1 Å². The van der Waals surface area contributed by atoms with Crippen molar-refractivity contribution in [3.8, 4) is 5.75 Å². The maximum absolute atomic E-state index is 12.3. The Bertz CT molecular complexity index is 821. The number of nitrogens with one attached hydrogen (secondary N) is 1. The average Bonchev–Trinajstić information content (AvgIpc) is 3.14. The zero-order chi connectivity index (χ0) is 19.9. The lowest BCUT2D eigenvalue weighted by Crippen LogP contribution is -2.51. The molecule has 1 saturated heterocycles. The number of hydrogen-bond donors (Lipinski definition) is 1. The highest BCUT2D eigenvalue weighted by Gasteiger charge is 2.22. The molecule has 150 valence electrons. The molecule has 1 aliphatic rings. The summed E-state index contributed by atoms with van der Waals surface area (Å²) in [6, 6.07) is 10.6. The predicted octanol–water partition coefficient (Wildman–Crippen LogP) is 2.65. The van der Waals surface area contributed by atoms with Crippen LogP contribution in [0.1, 0.15) is 10.6 Å². The van der Waals surface area contributed by atoms with Crippen molar-refractivity contribution in [2.45, 2.75) is 0 Å². The highest BCUT2D eigenvalue weighted by Crippen LogP contribution is 2.22. The molecule has 0 unspecified atom stereocenters. The molecule has 0 aliphatic carbocycles. The molecule has 0 saturated carbocycles. The standard InChI is InChI=1S/C19H21BrClN3O4/c20-17-6-5-16(28-17)19(26)22-13-18(25)24-9-7-23(8-10-24)11-12-27-15-4-2-1-3-14(15)21/h1-6H,7-13H2,(H,22,26). The first-order valence-electron chi connectivity index (χ1n) is 8.94. The van der Waals surface area contributed by atoms with E-state index in [0.29, 0.717) is 35.1 Å². The molecule has 3 rings (SSSR count). The molecule has 1 aromatic carbocycles. The summed E-state index contributed by atoms with van der Waals surface area (Å²) in [7, 11) is 0. The molecule has 2 amide bonds. The van der Waals surface area contributed by atoms with E-state index in [1.165, 1.54) is 0 Å². The average molecular weight is 471 g/mol. The largest absolute Gasteiger partial charge is 0.491 e. The van der Waals surface area contributed by atoms with Gasteiger partial charge in [-0.1, -0.05) is 23.7 Å². The number of piperazine rings is 1. The first kappa shape index (κ1) is 20.7. The van der Waals surface area contributed by atoms with Crippen LogP contribution in [-0.2, 0) is 4.79 Å². The monoisotopic (exact) mass is 469 g/mol. The van der Waals surface area contributed by atoms with Crippen molar-refractivity contribution >= 4 is 39.3 Å². The molecular weight excluding hydrogens is 450 g/mol. The van der Waals surface area contributed by atoms with Crippen LogP contribution in [0.25, 0.3) is 0 Å². The van der Waals surface area contributed by atoms with Gasteiger partial charge >= 0.3 is 0 Å². The van der Waals surface area contributed by atoms with Gasteiger partial charge in [0.2, 0.25) is 5.91 Å². The summed E-state index contributed by atoms with van der Waals surface area (Å²) in [4.78, 5) is 28.2. The minimum absolute atomic E-state index is 0.0488. The van der Waals surface area contributed by atoms with Gasteiger partial charge in [0.05, 0.1) is 11.6 Å². The number of hydrogen-bond acceptors (Lipinski definition) is 5. The number of benzene rings is 1. The molecule has 0 bridgehead atoms. The molecule has 0 spiro atoms. The molecule has 28 heavy (non-hydrogen) atoms. The minimum Gasteiger partial charge on any atom is -0.491 e. The summed E-state index contributed by atoms with van der Waals surface area (Å²) in [6.07, 6.45) is 0. The smallest absolute Gasteiger partial charge is 0.287 e. The lowest BCUT2D eigenvalue weighted by atomic mass is 10.3. The zero-order valence-corrected chi connectivity index (χ0v) is 17.5. The van der Waals surface area contributed by atoms with Gasteiger partial charge in [-0.2, -0.15) is 0 Å². The van der Waals surface area contributed by atoms with Crippen LogP contribution in [0.15, 0.2) is 45.5 Å². The number of rotatable bonds is 7. The Balaban J connectivity index is 1.34. The number of carbonyl (C=O) groups excluding carboxylic acids is 2. The van der Waals surface area contributed by atoms with Gasteiger partial charge in [0.15, 0.2) is 10.4 Å². The lowest BCUT2D eigenvalue weighted by Gasteiger charge is -2.34. The fraction of sp³-hybridized carbons (Fsp3) is 0.368. The molecule has 1 N–H and O–H groups in total. The van der Waals surface area contributed by atoms with Crippen molar-refractivity contribution in [3.05, 3.63) is 51.9 Å². The Hall–Kier alpha value is -2.03.